The fourth-order valence-electron chi connectivity index (χ4n) is 3.29. The fourth-order valence-corrected chi connectivity index (χ4v) is 3.29. The Morgan fingerprint density at radius 2 is 2.00 bits per heavy atom. The number of nitrogens with two attached hydrogens (primary N) is 1. The number of anilines is 1. The molecule has 12 nitrogen and oxygen atoms in total. The van der Waals surface area contributed by atoms with Gasteiger partial charge in [0.05, 0.1) is 12.0 Å². The van der Waals surface area contributed by atoms with Gasteiger partial charge in [0.1, 0.15) is 24.6 Å². The lowest BCUT2D eigenvalue weighted by Crippen LogP contribution is -2.47. The highest BCUT2D eigenvalue weighted by Crippen LogP contribution is 2.52. The van der Waals surface area contributed by atoms with E-state index in [1.807, 2.05) is 13.8 Å². The number of fused-ring (bicyclic) bond motifs is 1. The molecule has 2 aromatic heterocycles. The number of hydrogen-bond donors (Lipinski definition) is 4. The Morgan fingerprint density at radius 3 is 2.56 bits per heavy atom. The molecule has 0 radical (unpaired) electrons. The van der Waals surface area contributed by atoms with Gasteiger partial charge in [-0.15, -0.1) is 0 Å². The van der Waals surface area contributed by atoms with E-state index in [9.17, 15) is 19.5 Å². The van der Waals surface area contributed by atoms with Crippen LogP contribution in [-0.2, 0) is 14.3 Å². The number of amides is 1. The van der Waals surface area contributed by atoms with E-state index < -0.39 is 34.7 Å². The summed E-state index contributed by atoms with van der Waals surface area (Å²) in [6, 6.07) is -0.904. The van der Waals surface area contributed by atoms with E-state index in [0.717, 1.165) is 5.57 Å². The minimum atomic E-state index is -0.904. The molecule has 36 heavy (non-hydrogen) atoms. The van der Waals surface area contributed by atoms with Crippen molar-refractivity contribution in [2.24, 2.45) is 11.3 Å². The van der Waals surface area contributed by atoms with Crippen LogP contribution in [0.5, 0.6) is 0 Å². The number of nitrogens with one attached hydrogen (secondary N) is 2. The summed E-state index contributed by atoms with van der Waals surface area (Å²) in [5, 5.41) is 12.5. The van der Waals surface area contributed by atoms with Crippen molar-refractivity contribution in [2.75, 3.05) is 18.9 Å². The average molecular weight is 527 g/mol. The number of H-pyrrole nitrogens is 1. The van der Waals surface area contributed by atoms with E-state index in [1.165, 1.54) is 10.9 Å². The molecule has 0 bridgehead atoms. The molecule has 1 saturated carbocycles. The largest absolute Gasteiger partial charge is 0.463 e. The number of ether oxygens (including phenoxy) is 2. The van der Waals surface area contributed by atoms with Crippen LogP contribution < -0.4 is 16.6 Å². The maximum atomic E-state index is 12.7. The Bertz CT molecular complexity index is 1150. The van der Waals surface area contributed by atoms with Crippen LogP contribution in [0.3, 0.4) is 0 Å². The molecular weight excluding hydrogens is 488 g/mol. The normalized spacial score (nSPS) is 18.6. The van der Waals surface area contributed by atoms with E-state index in [-0.39, 0.29) is 49.7 Å². The van der Waals surface area contributed by atoms with Crippen molar-refractivity contribution in [3.05, 3.63) is 22.3 Å². The van der Waals surface area contributed by atoms with Crippen molar-refractivity contribution in [1.82, 2.24) is 24.8 Å². The zero-order valence-corrected chi connectivity index (χ0v) is 22.8. The molecule has 2 atom stereocenters. The van der Waals surface area contributed by atoms with Gasteiger partial charge in [0.2, 0.25) is 5.95 Å². The Hall–Kier alpha value is -3.06. The van der Waals surface area contributed by atoms with Crippen molar-refractivity contribution < 1.29 is 24.2 Å². The van der Waals surface area contributed by atoms with E-state index in [1.54, 1.807) is 40.8 Å². The first-order chi connectivity index (χ1) is 16.3. The van der Waals surface area contributed by atoms with Crippen molar-refractivity contribution >= 4 is 48.9 Å². The second kappa shape index (κ2) is 12.3. The molecule has 202 valence electrons. The molecule has 1 aliphatic rings. The number of aliphatic hydroxyl groups is 1. The standard InChI is InChI=1S/C21H30N6O6.C2H6.H2S/c1-11(2)13(24-19(31)33-20(3,4)5)17(30)32-9-21(8-28)6-12(21)7-27-10-23-14-15(27)25-18(22)26-16(14)29;1-2;/h7,10-11,13,28H,6,8-9H2,1-5H3,(H,24,31)(H3,22,25,26,29);1-2H3;1H2/b12-7-;;. The molecule has 3 rings (SSSR count). The first-order valence-corrected chi connectivity index (χ1v) is 11.6. The Labute approximate surface area is 217 Å². The smallest absolute Gasteiger partial charge is 0.408 e. The van der Waals surface area contributed by atoms with Crippen molar-refractivity contribution in [3.8, 4) is 0 Å². The van der Waals surface area contributed by atoms with Crippen molar-refractivity contribution in [1.29, 1.82) is 0 Å². The van der Waals surface area contributed by atoms with E-state index in [4.69, 9.17) is 15.2 Å². The third-order valence-corrected chi connectivity index (χ3v) is 5.22. The molecule has 0 saturated heterocycles. The number of imidazole rings is 1. The second-order valence-corrected chi connectivity index (χ2v) is 9.52. The monoisotopic (exact) mass is 526 g/mol. The molecule has 13 heteroatoms. The Kier molecular flexibility index (Phi) is 10.5. The third kappa shape index (κ3) is 7.47. The number of carbonyl (C=O) groups excluding carboxylic acids is 2. The van der Waals surface area contributed by atoms with Gasteiger partial charge in [-0.2, -0.15) is 18.5 Å². The lowest BCUT2D eigenvalue weighted by Gasteiger charge is -2.25. The number of rotatable bonds is 7. The number of carbonyl (C=O) groups is 2. The molecule has 0 aromatic carbocycles. The number of nitrogen functional groups attached to an aromatic ring is 1. The number of nitrogens with zero attached hydrogens (tertiary/aromatic N) is 3. The van der Waals surface area contributed by atoms with Crippen LogP contribution in [0.2, 0.25) is 0 Å². The third-order valence-electron chi connectivity index (χ3n) is 5.22. The summed E-state index contributed by atoms with van der Waals surface area (Å²) in [6.07, 6.45) is 2.87. The molecular formula is C23H38N6O6S. The number of hydrogen-bond acceptors (Lipinski definition) is 9. The van der Waals surface area contributed by atoms with Gasteiger partial charge in [0, 0.05) is 6.20 Å². The molecule has 0 aliphatic heterocycles. The first-order valence-electron chi connectivity index (χ1n) is 11.6. The Balaban J connectivity index is 0.00000211. The predicted molar refractivity (Wildman–Crippen MR) is 142 cm³/mol. The molecule has 1 amide bonds. The van der Waals surface area contributed by atoms with Gasteiger partial charge in [-0.25, -0.2) is 14.6 Å². The maximum absolute atomic E-state index is 12.7. The topological polar surface area (TPSA) is 174 Å². The van der Waals surface area contributed by atoms with Crippen LogP contribution in [-0.4, -0.2) is 61.5 Å². The average Bonchev–Trinajstić information content (AvgIpc) is 3.31. The van der Waals surface area contributed by atoms with Gasteiger partial charge in [-0.1, -0.05) is 27.7 Å². The fraction of sp³-hybridized carbons (Fsp3) is 0.609. The zero-order chi connectivity index (χ0) is 26.6. The highest BCUT2D eigenvalue weighted by Gasteiger charge is 2.50. The zero-order valence-electron chi connectivity index (χ0n) is 21.8. The van der Waals surface area contributed by atoms with E-state index in [2.05, 4.69) is 20.3 Å². The molecule has 2 unspecified atom stereocenters. The minimum Gasteiger partial charge on any atom is -0.463 e. The summed E-state index contributed by atoms with van der Waals surface area (Å²) in [7, 11) is 0. The van der Waals surface area contributed by atoms with Gasteiger partial charge in [0.15, 0.2) is 11.2 Å². The van der Waals surface area contributed by atoms with Gasteiger partial charge in [-0.05, 0) is 38.7 Å². The number of aromatic amines is 1. The van der Waals surface area contributed by atoms with Crippen LogP contribution >= 0.6 is 13.5 Å². The summed E-state index contributed by atoms with van der Waals surface area (Å²) in [6.45, 7) is 12.4. The quantitative estimate of drug-likeness (QED) is 0.394. The van der Waals surface area contributed by atoms with Crippen LogP contribution in [0.15, 0.2) is 16.7 Å². The summed E-state index contributed by atoms with van der Waals surface area (Å²) < 4.78 is 12.2. The van der Waals surface area contributed by atoms with Crippen LogP contribution in [0.4, 0.5) is 10.7 Å². The number of aliphatic hydroxyl groups excluding tert-OH is 1. The van der Waals surface area contributed by atoms with Crippen molar-refractivity contribution in [3.63, 3.8) is 0 Å². The first kappa shape index (κ1) is 31.0. The van der Waals surface area contributed by atoms with Gasteiger partial charge >= 0.3 is 12.1 Å². The van der Waals surface area contributed by atoms with Crippen LogP contribution in [0.25, 0.3) is 17.4 Å². The van der Waals surface area contributed by atoms with E-state index >= 15 is 0 Å². The van der Waals surface area contributed by atoms with Crippen LogP contribution in [0, 0.1) is 11.3 Å². The van der Waals surface area contributed by atoms with E-state index in [0.29, 0.717) is 6.42 Å². The number of esters is 1. The lowest BCUT2D eigenvalue weighted by molar-refractivity contribution is -0.149. The number of aromatic nitrogens is 4. The van der Waals surface area contributed by atoms with Gasteiger partial charge in [0.25, 0.3) is 5.56 Å². The highest BCUT2D eigenvalue weighted by atomic mass is 32.1. The van der Waals surface area contributed by atoms with Crippen molar-refractivity contribution in [2.45, 2.75) is 66.5 Å². The maximum Gasteiger partial charge on any atom is 0.408 e. The minimum absolute atomic E-state index is 0. The number of alkyl carbamates (subject to hydrolysis) is 1. The second-order valence-electron chi connectivity index (χ2n) is 9.52. The summed E-state index contributed by atoms with van der Waals surface area (Å²) >= 11 is 0. The highest BCUT2D eigenvalue weighted by molar-refractivity contribution is 7.59. The van der Waals surface area contributed by atoms with Gasteiger partial charge in [-0.3, -0.25) is 14.3 Å². The molecule has 2 aromatic rings. The molecule has 5 N–H and O–H groups in total. The summed E-state index contributed by atoms with van der Waals surface area (Å²) in [4.78, 5) is 47.2. The molecule has 1 fully saturated rings. The summed E-state index contributed by atoms with van der Waals surface area (Å²) in [5.74, 6) is -0.900. The summed E-state index contributed by atoms with van der Waals surface area (Å²) in [5.41, 5.74) is 4.91. The van der Waals surface area contributed by atoms with Crippen LogP contribution in [0.1, 0.15) is 54.9 Å². The lowest BCUT2D eigenvalue weighted by atomic mass is 10.0. The molecule has 2 heterocycles. The predicted octanol–water partition coefficient (Wildman–Crippen LogP) is 2.16. The SMILES string of the molecule is CC.CC(C)C(NC(=O)OC(C)(C)C)C(=O)OCC1(CO)C/C1=C/n1cnc2c(=O)[nH]c(N)nc21.S. The Morgan fingerprint density at radius 1 is 1.36 bits per heavy atom. The molecule has 0 spiro atoms. The molecule has 1 aliphatic carbocycles. The van der Waals surface area contributed by atoms with Gasteiger partial charge < -0.3 is 25.6 Å².